The number of hydrogen-bond acceptors (Lipinski definition) is 2. The molecule has 1 aromatic carbocycles. The van der Waals surface area contributed by atoms with Crippen LogP contribution in [0.4, 0.5) is 4.39 Å². The molecule has 0 amide bonds. The van der Waals surface area contributed by atoms with E-state index < -0.39 is 0 Å². The van der Waals surface area contributed by atoms with Crippen molar-refractivity contribution < 1.29 is 9.50 Å². The van der Waals surface area contributed by atoms with Crippen LogP contribution in [0.2, 0.25) is 0 Å². The number of halogens is 1. The number of hydrogen-bond donors (Lipinski definition) is 2. The van der Waals surface area contributed by atoms with Crippen LogP contribution in [0, 0.1) is 5.82 Å². The minimum atomic E-state index is -0.257. The summed E-state index contributed by atoms with van der Waals surface area (Å²) in [6.07, 6.45) is 0.718. The summed E-state index contributed by atoms with van der Waals surface area (Å²) in [5.41, 5.74) is 7.65. The smallest absolute Gasteiger partial charge is 0.123 e. The van der Waals surface area contributed by atoms with Gasteiger partial charge in [-0.1, -0.05) is 6.07 Å². The van der Waals surface area contributed by atoms with Crippen LogP contribution in [-0.4, -0.2) is 11.7 Å². The maximum Gasteiger partial charge on any atom is 0.123 e. The summed E-state index contributed by atoms with van der Waals surface area (Å²) in [7, 11) is 0. The molecule has 2 rings (SSSR count). The molecule has 0 spiro atoms. The first-order valence-corrected chi connectivity index (χ1v) is 4.38. The summed E-state index contributed by atoms with van der Waals surface area (Å²) in [6.45, 7) is 0.0896. The maximum atomic E-state index is 12.8. The first-order valence-electron chi connectivity index (χ1n) is 4.38. The Morgan fingerprint density at radius 1 is 1.46 bits per heavy atom. The summed E-state index contributed by atoms with van der Waals surface area (Å²) >= 11 is 0. The third-order valence-corrected chi connectivity index (χ3v) is 2.65. The lowest BCUT2D eigenvalue weighted by Gasteiger charge is -2.05. The van der Waals surface area contributed by atoms with E-state index in [1.165, 1.54) is 12.1 Å². The predicted octanol–water partition coefficient (Wildman–Crippen LogP) is 1.31. The van der Waals surface area contributed by atoms with Gasteiger partial charge in [0.15, 0.2) is 0 Å². The number of aliphatic hydroxyl groups excluding tert-OH is 1. The van der Waals surface area contributed by atoms with E-state index in [0.29, 0.717) is 0 Å². The standard InChI is InChI=1S/C10H12FNO/c11-7-1-2-8-6(5-13)3-10(12)9(8)4-7/h1-2,4,6,10,13H,3,5,12H2. The normalized spacial score (nSPS) is 26.1. The summed E-state index contributed by atoms with van der Waals surface area (Å²) in [6, 6.07) is 4.48. The topological polar surface area (TPSA) is 46.2 Å². The number of fused-ring (bicyclic) bond motifs is 1. The highest BCUT2D eigenvalue weighted by Crippen LogP contribution is 2.38. The lowest BCUT2D eigenvalue weighted by atomic mass is 10.0. The fraction of sp³-hybridized carbons (Fsp3) is 0.400. The molecule has 13 heavy (non-hydrogen) atoms. The molecule has 0 aliphatic heterocycles. The van der Waals surface area contributed by atoms with Crippen molar-refractivity contribution in [2.75, 3.05) is 6.61 Å². The molecule has 0 aromatic heterocycles. The zero-order valence-corrected chi connectivity index (χ0v) is 7.20. The van der Waals surface area contributed by atoms with Gasteiger partial charge in [0.2, 0.25) is 0 Å². The van der Waals surface area contributed by atoms with E-state index in [4.69, 9.17) is 10.8 Å². The molecule has 70 valence electrons. The Labute approximate surface area is 76.2 Å². The van der Waals surface area contributed by atoms with Crippen molar-refractivity contribution in [2.45, 2.75) is 18.4 Å². The summed E-state index contributed by atoms with van der Waals surface area (Å²) < 4.78 is 12.8. The van der Waals surface area contributed by atoms with Gasteiger partial charge in [-0.05, 0) is 29.7 Å². The molecule has 0 heterocycles. The molecule has 0 bridgehead atoms. The number of benzene rings is 1. The molecule has 1 aliphatic carbocycles. The second-order valence-electron chi connectivity index (χ2n) is 3.49. The van der Waals surface area contributed by atoms with E-state index in [9.17, 15) is 4.39 Å². The van der Waals surface area contributed by atoms with Crippen molar-refractivity contribution in [3.05, 3.63) is 35.1 Å². The Hall–Kier alpha value is -0.930. The molecule has 1 aromatic rings. The lowest BCUT2D eigenvalue weighted by Crippen LogP contribution is -2.06. The van der Waals surface area contributed by atoms with Gasteiger partial charge in [0, 0.05) is 12.0 Å². The Morgan fingerprint density at radius 3 is 2.92 bits per heavy atom. The van der Waals surface area contributed by atoms with Crippen LogP contribution >= 0.6 is 0 Å². The zero-order valence-electron chi connectivity index (χ0n) is 7.20. The number of aliphatic hydroxyl groups is 1. The maximum absolute atomic E-state index is 12.8. The minimum absolute atomic E-state index is 0.0885. The molecule has 3 N–H and O–H groups in total. The quantitative estimate of drug-likeness (QED) is 0.686. The van der Waals surface area contributed by atoms with Crippen LogP contribution in [0.15, 0.2) is 18.2 Å². The highest BCUT2D eigenvalue weighted by atomic mass is 19.1. The van der Waals surface area contributed by atoms with E-state index in [-0.39, 0.29) is 24.4 Å². The first-order chi connectivity index (χ1) is 6.22. The van der Waals surface area contributed by atoms with Gasteiger partial charge in [-0.25, -0.2) is 4.39 Å². The average Bonchev–Trinajstić information content (AvgIpc) is 2.43. The Balaban J connectivity index is 2.46. The van der Waals surface area contributed by atoms with Gasteiger partial charge in [0.05, 0.1) is 6.61 Å². The van der Waals surface area contributed by atoms with Crippen molar-refractivity contribution in [2.24, 2.45) is 5.73 Å². The van der Waals surface area contributed by atoms with Gasteiger partial charge in [-0.2, -0.15) is 0 Å². The van der Waals surface area contributed by atoms with Gasteiger partial charge in [-0.3, -0.25) is 0 Å². The SMILES string of the molecule is NC1CC(CO)c2ccc(F)cc21. The zero-order chi connectivity index (χ0) is 9.42. The van der Waals surface area contributed by atoms with Crippen molar-refractivity contribution in [1.82, 2.24) is 0 Å². The molecule has 3 heteroatoms. The molecule has 1 aliphatic rings. The second kappa shape index (κ2) is 3.09. The van der Waals surface area contributed by atoms with Gasteiger partial charge in [0.25, 0.3) is 0 Å². The molecule has 0 saturated carbocycles. The van der Waals surface area contributed by atoms with Crippen LogP contribution in [0.5, 0.6) is 0 Å². The molecular weight excluding hydrogens is 169 g/mol. The predicted molar refractivity (Wildman–Crippen MR) is 47.8 cm³/mol. The summed E-state index contributed by atoms with van der Waals surface area (Å²) in [5.74, 6) is -0.168. The van der Waals surface area contributed by atoms with Crippen LogP contribution in [0.1, 0.15) is 29.5 Å². The molecule has 2 nitrogen and oxygen atoms in total. The van der Waals surface area contributed by atoms with Crippen molar-refractivity contribution >= 4 is 0 Å². The largest absolute Gasteiger partial charge is 0.396 e. The van der Waals surface area contributed by atoms with Crippen molar-refractivity contribution in [1.29, 1.82) is 0 Å². The summed E-state index contributed by atoms with van der Waals surface area (Å²) in [5, 5.41) is 9.05. The van der Waals surface area contributed by atoms with E-state index >= 15 is 0 Å². The fourth-order valence-electron chi connectivity index (χ4n) is 1.97. The van der Waals surface area contributed by atoms with Gasteiger partial charge >= 0.3 is 0 Å². The lowest BCUT2D eigenvalue weighted by molar-refractivity contribution is 0.261. The Kier molecular flexibility index (Phi) is 2.06. The van der Waals surface area contributed by atoms with E-state index in [0.717, 1.165) is 17.5 Å². The number of rotatable bonds is 1. The van der Waals surface area contributed by atoms with E-state index in [1.54, 1.807) is 6.07 Å². The Morgan fingerprint density at radius 2 is 2.23 bits per heavy atom. The van der Waals surface area contributed by atoms with Gasteiger partial charge < -0.3 is 10.8 Å². The van der Waals surface area contributed by atoms with Gasteiger partial charge in [-0.15, -0.1) is 0 Å². The minimum Gasteiger partial charge on any atom is -0.396 e. The monoisotopic (exact) mass is 181 g/mol. The third kappa shape index (κ3) is 1.34. The number of nitrogens with two attached hydrogens (primary N) is 1. The van der Waals surface area contributed by atoms with Crippen LogP contribution in [-0.2, 0) is 0 Å². The van der Waals surface area contributed by atoms with Crippen molar-refractivity contribution in [3.63, 3.8) is 0 Å². The average molecular weight is 181 g/mol. The van der Waals surface area contributed by atoms with Crippen molar-refractivity contribution in [3.8, 4) is 0 Å². The Bertz CT molecular complexity index is 327. The van der Waals surface area contributed by atoms with Gasteiger partial charge in [0.1, 0.15) is 5.82 Å². The molecular formula is C10H12FNO. The van der Waals surface area contributed by atoms with E-state index in [1.807, 2.05) is 0 Å². The molecule has 0 saturated heterocycles. The first kappa shape index (κ1) is 8.66. The van der Waals surface area contributed by atoms with Crippen LogP contribution in [0.25, 0.3) is 0 Å². The highest BCUT2D eigenvalue weighted by molar-refractivity contribution is 5.38. The molecule has 0 fully saturated rings. The summed E-state index contributed by atoms with van der Waals surface area (Å²) in [4.78, 5) is 0. The van der Waals surface area contributed by atoms with E-state index in [2.05, 4.69) is 0 Å². The van der Waals surface area contributed by atoms with Crippen LogP contribution in [0.3, 0.4) is 0 Å². The molecule has 2 unspecified atom stereocenters. The highest BCUT2D eigenvalue weighted by Gasteiger charge is 2.28. The third-order valence-electron chi connectivity index (χ3n) is 2.65. The fourth-order valence-corrected chi connectivity index (χ4v) is 1.97. The molecule has 2 atom stereocenters. The molecule has 0 radical (unpaired) electrons. The van der Waals surface area contributed by atoms with Crippen LogP contribution < -0.4 is 5.73 Å². The second-order valence-corrected chi connectivity index (χ2v) is 3.49.